The van der Waals surface area contributed by atoms with Gasteiger partial charge in [-0.2, -0.15) is 0 Å². The predicted molar refractivity (Wildman–Crippen MR) is 96.0 cm³/mol. The number of hydrogen-bond acceptors (Lipinski definition) is 3. The number of likely N-dealkylation sites (tertiary alicyclic amines) is 2. The van der Waals surface area contributed by atoms with Crippen LogP contribution < -0.4 is 0 Å². The molecule has 2 amide bonds. The van der Waals surface area contributed by atoms with Gasteiger partial charge in [0.1, 0.15) is 5.82 Å². The van der Waals surface area contributed by atoms with Crippen molar-refractivity contribution in [3.8, 4) is 0 Å². The number of amides is 2. The lowest BCUT2D eigenvalue weighted by Gasteiger charge is -2.33. The summed E-state index contributed by atoms with van der Waals surface area (Å²) in [6.45, 7) is 3.05. The fourth-order valence-corrected chi connectivity index (χ4v) is 3.92. The van der Waals surface area contributed by atoms with Gasteiger partial charge < -0.3 is 14.5 Å². The number of benzene rings is 1. The largest absolute Gasteiger partial charge is 0.383 e. The molecule has 1 aromatic rings. The standard InChI is InChI=1S/C20H27FN2O3/c1-26-11-10-23-14-17(13-19(23)24)20(25)22-8-6-16(7-9-22)12-15-2-4-18(21)5-3-15/h2-5,16-17H,6-14H2,1H3/t17-/m0/s1. The van der Waals surface area contributed by atoms with Gasteiger partial charge in [0.25, 0.3) is 0 Å². The number of piperidine rings is 1. The molecule has 2 fully saturated rings. The molecule has 142 valence electrons. The van der Waals surface area contributed by atoms with Gasteiger partial charge >= 0.3 is 0 Å². The Labute approximate surface area is 154 Å². The second kappa shape index (κ2) is 8.62. The van der Waals surface area contributed by atoms with Gasteiger partial charge in [-0.15, -0.1) is 0 Å². The van der Waals surface area contributed by atoms with E-state index >= 15 is 0 Å². The SMILES string of the molecule is COCCN1C[C@@H](C(=O)N2CCC(Cc3ccc(F)cc3)CC2)CC1=O. The summed E-state index contributed by atoms with van der Waals surface area (Å²) in [6.07, 6.45) is 3.15. The van der Waals surface area contributed by atoms with Crippen LogP contribution in [0.15, 0.2) is 24.3 Å². The Balaban J connectivity index is 1.46. The minimum Gasteiger partial charge on any atom is -0.383 e. The topological polar surface area (TPSA) is 49.9 Å². The van der Waals surface area contributed by atoms with Crippen LogP contribution in [0.2, 0.25) is 0 Å². The monoisotopic (exact) mass is 362 g/mol. The average molecular weight is 362 g/mol. The Hall–Kier alpha value is -1.95. The van der Waals surface area contributed by atoms with Crippen LogP contribution in [0.25, 0.3) is 0 Å². The van der Waals surface area contributed by atoms with E-state index in [9.17, 15) is 14.0 Å². The summed E-state index contributed by atoms with van der Waals surface area (Å²) in [5, 5.41) is 0. The summed E-state index contributed by atoms with van der Waals surface area (Å²) >= 11 is 0. The number of carbonyl (C=O) groups excluding carboxylic acids is 2. The summed E-state index contributed by atoms with van der Waals surface area (Å²) in [6, 6.07) is 6.68. The van der Waals surface area contributed by atoms with Crippen LogP contribution in [0.4, 0.5) is 4.39 Å². The van der Waals surface area contributed by atoms with E-state index in [1.165, 1.54) is 12.1 Å². The van der Waals surface area contributed by atoms with Gasteiger partial charge in [-0.1, -0.05) is 12.1 Å². The van der Waals surface area contributed by atoms with E-state index in [2.05, 4.69) is 0 Å². The minimum atomic E-state index is -0.215. The lowest BCUT2D eigenvalue weighted by atomic mass is 9.89. The lowest BCUT2D eigenvalue weighted by molar-refractivity contribution is -0.137. The molecule has 0 aromatic heterocycles. The average Bonchev–Trinajstić information content (AvgIpc) is 3.02. The van der Waals surface area contributed by atoms with Gasteiger partial charge in [-0.3, -0.25) is 9.59 Å². The Morgan fingerprint density at radius 1 is 1.23 bits per heavy atom. The maximum atomic E-state index is 13.0. The normalized spacial score (nSPS) is 21.5. The molecular weight excluding hydrogens is 335 g/mol. The molecule has 1 atom stereocenters. The number of halogens is 1. The van der Waals surface area contributed by atoms with Crippen LogP contribution in [0.1, 0.15) is 24.8 Å². The van der Waals surface area contributed by atoms with Crippen LogP contribution in [0.3, 0.4) is 0 Å². The van der Waals surface area contributed by atoms with Crippen LogP contribution in [0, 0.1) is 17.7 Å². The molecule has 6 heteroatoms. The maximum absolute atomic E-state index is 13.0. The van der Waals surface area contributed by atoms with E-state index in [1.807, 2.05) is 17.0 Å². The van der Waals surface area contributed by atoms with Crippen LogP contribution in [-0.4, -0.2) is 61.5 Å². The predicted octanol–water partition coefficient (Wildman–Crippen LogP) is 2.10. The van der Waals surface area contributed by atoms with Crippen LogP contribution in [0.5, 0.6) is 0 Å². The molecule has 2 aliphatic heterocycles. The van der Waals surface area contributed by atoms with Crippen molar-refractivity contribution in [3.05, 3.63) is 35.6 Å². The number of methoxy groups -OCH3 is 1. The molecule has 0 unspecified atom stereocenters. The molecule has 0 radical (unpaired) electrons. The van der Waals surface area contributed by atoms with E-state index in [1.54, 1.807) is 12.0 Å². The van der Waals surface area contributed by atoms with E-state index in [4.69, 9.17) is 4.74 Å². The molecular formula is C20H27FN2O3. The van der Waals surface area contributed by atoms with Crippen LogP contribution >= 0.6 is 0 Å². The third kappa shape index (κ3) is 4.61. The summed E-state index contributed by atoms with van der Waals surface area (Å²) in [5.41, 5.74) is 1.14. The molecule has 0 bridgehead atoms. The lowest BCUT2D eigenvalue weighted by Crippen LogP contribution is -2.43. The third-order valence-electron chi connectivity index (χ3n) is 5.49. The van der Waals surface area contributed by atoms with Gasteiger partial charge in [0, 0.05) is 39.7 Å². The summed E-state index contributed by atoms with van der Waals surface area (Å²) < 4.78 is 18.0. The highest BCUT2D eigenvalue weighted by molar-refractivity contribution is 5.89. The fraction of sp³-hybridized carbons (Fsp3) is 0.600. The second-order valence-corrected chi connectivity index (χ2v) is 7.33. The molecule has 5 nitrogen and oxygen atoms in total. The number of ether oxygens (including phenoxy) is 1. The maximum Gasteiger partial charge on any atom is 0.227 e. The molecule has 2 saturated heterocycles. The van der Waals surface area contributed by atoms with E-state index in [-0.39, 0.29) is 23.5 Å². The zero-order valence-electron chi connectivity index (χ0n) is 15.3. The van der Waals surface area contributed by atoms with Crippen molar-refractivity contribution in [3.63, 3.8) is 0 Å². The Morgan fingerprint density at radius 2 is 1.92 bits per heavy atom. The van der Waals surface area contributed by atoms with Gasteiger partial charge in [0.2, 0.25) is 11.8 Å². The van der Waals surface area contributed by atoms with E-state index < -0.39 is 0 Å². The van der Waals surface area contributed by atoms with E-state index in [0.717, 1.165) is 37.9 Å². The van der Waals surface area contributed by atoms with Gasteiger partial charge in [0.15, 0.2) is 0 Å². The number of rotatable bonds is 6. The molecule has 3 rings (SSSR count). The highest BCUT2D eigenvalue weighted by atomic mass is 19.1. The Bertz CT molecular complexity index is 626. The first kappa shape index (κ1) is 18.8. The molecule has 1 aromatic carbocycles. The third-order valence-corrected chi connectivity index (χ3v) is 5.49. The fourth-order valence-electron chi connectivity index (χ4n) is 3.92. The van der Waals surface area contributed by atoms with Crippen molar-refractivity contribution in [2.75, 3.05) is 39.9 Å². The van der Waals surface area contributed by atoms with Crippen molar-refractivity contribution in [2.45, 2.75) is 25.7 Å². The Morgan fingerprint density at radius 3 is 2.58 bits per heavy atom. The highest BCUT2D eigenvalue weighted by Gasteiger charge is 2.37. The van der Waals surface area contributed by atoms with Crippen molar-refractivity contribution in [2.24, 2.45) is 11.8 Å². The van der Waals surface area contributed by atoms with Crippen molar-refractivity contribution in [1.82, 2.24) is 9.80 Å². The van der Waals surface area contributed by atoms with Gasteiger partial charge in [-0.05, 0) is 42.9 Å². The van der Waals surface area contributed by atoms with Gasteiger partial charge in [0.05, 0.1) is 12.5 Å². The van der Waals surface area contributed by atoms with Crippen LogP contribution in [-0.2, 0) is 20.7 Å². The quantitative estimate of drug-likeness (QED) is 0.779. The first-order valence-corrected chi connectivity index (χ1v) is 9.36. The first-order chi connectivity index (χ1) is 12.6. The zero-order chi connectivity index (χ0) is 18.5. The Kier molecular flexibility index (Phi) is 6.25. The highest BCUT2D eigenvalue weighted by Crippen LogP contribution is 2.26. The molecule has 0 aliphatic carbocycles. The summed E-state index contributed by atoms with van der Waals surface area (Å²) in [7, 11) is 1.61. The van der Waals surface area contributed by atoms with Crippen molar-refractivity contribution >= 4 is 11.8 Å². The zero-order valence-corrected chi connectivity index (χ0v) is 15.3. The number of hydrogen-bond donors (Lipinski definition) is 0. The number of carbonyl (C=O) groups is 2. The first-order valence-electron chi connectivity index (χ1n) is 9.36. The second-order valence-electron chi connectivity index (χ2n) is 7.33. The van der Waals surface area contributed by atoms with Crippen molar-refractivity contribution < 1.29 is 18.7 Å². The van der Waals surface area contributed by atoms with Gasteiger partial charge in [-0.25, -0.2) is 4.39 Å². The number of nitrogens with zero attached hydrogens (tertiary/aromatic N) is 2. The molecule has 26 heavy (non-hydrogen) atoms. The summed E-state index contributed by atoms with van der Waals surface area (Å²) in [5.74, 6) is 0.255. The smallest absolute Gasteiger partial charge is 0.227 e. The molecule has 0 spiro atoms. The van der Waals surface area contributed by atoms with Crippen molar-refractivity contribution in [1.29, 1.82) is 0 Å². The van der Waals surface area contributed by atoms with E-state index in [0.29, 0.717) is 32.0 Å². The molecule has 0 N–H and O–H groups in total. The molecule has 2 heterocycles. The molecule has 2 aliphatic rings. The summed E-state index contributed by atoms with van der Waals surface area (Å²) in [4.78, 5) is 28.4. The molecule has 0 saturated carbocycles. The minimum absolute atomic E-state index is 0.0478.